The van der Waals surface area contributed by atoms with E-state index in [1.165, 1.54) is 18.4 Å². The Morgan fingerprint density at radius 2 is 1.73 bits per heavy atom. The van der Waals surface area contributed by atoms with E-state index in [0.29, 0.717) is 5.78 Å². The number of hydrogen-bond acceptors (Lipinski definition) is 1. The zero-order valence-corrected chi connectivity index (χ0v) is 9.28. The van der Waals surface area contributed by atoms with Crippen molar-refractivity contribution in [1.29, 1.82) is 0 Å². The minimum Gasteiger partial charge on any atom is -0.299 e. The van der Waals surface area contributed by atoms with E-state index in [0.717, 1.165) is 12.8 Å². The molecule has 0 heterocycles. The zero-order valence-electron chi connectivity index (χ0n) is 9.28. The average molecular weight is 202 g/mol. The van der Waals surface area contributed by atoms with Crippen LogP contribution in [0, 0.1) is 5.92 Å². The van der Waals surface area contributed by atoms with E-state index in [4.69, 9.17) is 0 Å². The smallest absolute Gasteiger partial charge is 0.143 e. The maximum absolute atomic E-state index is 12.1. The number of Topliss-reactive ketones (excluding diaryl/α,β-unsaturated/α-hetero) is 1. The van der Waals surface area contributed by atoms with Gasteiger partial charge in [0.05, 0.1) is 0 Å². The Hall–Kier alpha value is -1.11. The molecule has 0 unspecified atom stereocenters. The van der Waals surface area contributed by atoms with Gasteiger partial charge in [-0.25, -0.2) is 0 Å². The number of carbonyl (C=O) groups is 1. The lowest BCUT2D eigenvalue weighted by atomic mass is 9.87. The standard InChI is InChI=1S/C14H18O/c1-11-7-5-6-10-13(14(11)15)12-8-3-2-4-9-12/h2-4,8-9,11,13H,5-7,10H2,1H3/t11-,13-/m1/s1. The molecule has 80 valence electrons. The number of benzene rings is 1. The summed E-state index contributed by atoms with van der Waals surface area (Å²) in [6.45, 7) is 2.07. The number of rotatable bonds is 1. The molecule has 1 aliphatic carbocycles. The van der Waals surface area contributed by atoms with Crippen molar-refractivity contribution in [2.45, 2.75) is 38.5 Å². The highest BCUT2D eigenvalue weighted by molar-refractivity contribution is 5.87. The normalized spacial score (nSPS) is 27.4. The maximum atomic E-state index is 12.1. The van der Waals surface area contributed by atoms with Crippen molar-refractivity contribution in [2.75, 3.05) is 0 Å². The van der Waals surface area contributed by atoms with Crippen LogP contribution in [0.3, 0.4) is 0 Å². The molecule has 1 nitrogen and oxygen atoms in total. The van der Waals surface area contributed by atoms with E-state index in [9.17, 15) is 4.79 Å². The van der Waals surface area contributed by atoms with E-state index in [1.807, 2.05) is 18.2 Å². The summed E-state index contributed by atoms with van der Waals surface area (Å²) in [7, 11) is 0. The van der Waals surface area contributed by atoms with Crippen LogP contribution in [0.1, 0.15) is 44.1 Å². The Morgan fingerprint density at radius 1 is 1.07 bits per heavy atom. The molecule has 0 radical (unpaired) electrons. The van der Waals surface area contributed by atoms with Gasteiger partial charge in [-0.1, -0.05) is 50.1 Å². The molecule has 1 aromatic carbocycles. The highest BCUT2D eigenvalue weighted by Gasteiger charge is 2.27. The summed E-state index contributed by atoms with van der Waals surface area (Å²) in [5.41, 5.74) is 1.20. The first kappa shape index (κ1) is 10.4. The van der Waals surface area contributed by atoms with Crippen LogP contribution in [0.25, 0.3) is 0 Å². The van der Waals surface area contributed by atoms with E-state index >= 15 is 0 Å². The summed E-state index contributed by atoms with van der Waals surface area (Å²) in [6.07, 6.45) is 4.50. The summed E-state index contributed by atoms with van der Waals surface area (Å²) < 4.78 is 0. The van der Waals surface area contributed by atoms with Gasteiger partial charge in [-0.15, -0.1) is 0 Å². The summed E-state index contributed by atoms with van der Waals surface area (Å²) >= 11 is 0. The molecule has 1 heteroatoms. The molecule has 1 aromatic rings. The first-order valence-corrected chi connectivity index (χ1v) is 5.87. The van der Waals surface area contributed by atoms with Crippen molar-refractivity contribution in [3.63, 3.8) is 0 Å². The van der Waals surface area contributed by atoms with E-state index in [2.05, 4.69) is 19.1 Å². The van der Waals surface area contributed by atoms with Gasteiger partial charge in [-0.2, -0.15) is 0 Å². The van der Waals surface area contributed by atoms with Crippen LogP contribution in [0.2, 0.25) is 0 Å². The molecule has 1 saturated carbocycles. The molecule has 1 aliphatic rings. The Labute approximate surface area is 91.5 Å². The second kappa shape index (κ2) is 4.61. The number of ketones is 1. The summed E-state index contributed by atoms with van der Waals surface area (Å²) in [5.74, 6) is 0.847. The molecule has 0 amide bonds. The average Bonchev–Trinajstić information content (AvgIpc) is 2.44. The molecular weight excluding hydrogens is 184 g/mol. The fourth-order valence-corrected chi connectivity index (χ4v) is 2.44. The van der Waals surface area contributed by atoms with Crippen LogP contribution in [0.4, 0.5) is 0 Å². The zero-order chi connectivity index (χ0) is 10.7. The van der Waals surface area contributed by atoms with Gasteiger partial charge in [-0.3, -0.25) is 4.79 Å². The van der Waals surface area contributed by atoms with Gasteiger partial charge < -0.3 is 0 Å². The Kier molecular flexibility index (Phi) is 3.20. The molecule has 0 saturated heterocycles. The second-order valence-corrected chi connectivity index (χ2v) is 4.55. The SMILES string of the molecule is C[C@@H]1CCCC[C@H](c2ccccc2)C1=O. The van der Waals surface area contributed by atoms with Crippen molar-refractivity contribution in [2.24, 2.45) is 5.92 Å². The molecular formula is C14H18O. The molecule has 0 bridgehead atoms. The Bertz CT molecular complexity index is 328. The molecule has 2 rings (SSSR count). The van der Waals surface area contributed by atoms with Crippen LogP contribution >= 0.6 is 0 Å². The lowest BCUT2D eigenvalue weighted by Gasteiger charge is -2.16. The van der Waals surface area contributed by atoms with Gasteiger partial charge in [0.15, 0.2) is 0 Å². The minimum atomic E-state index is 0.156. The first-order valence-electron chi connectivity index (χ1n) is 5.87. The minimum absolute atomic E-state index is 0.156. The summed E-state index contributed by atoms with van der Waals surface area (Å²) in [4.78, 5) is 12.1. The predicted molar refractivity (Wildman–Crippen MR) is 61.8 cm³/mol. The van der Waals surface area contributed by atoms with Crippen molar-refractivity contribution in [1.82, 2.24) is 0 Å². The highest BCUT2D eigenvalue weighted by Crippen LogP contribution is 2.31. The molecule has 15 heavy (non-hydrogen) atoms. The molecule has 0 aromatic heterocycles. The van der Waals surface area contributed by atoms with Gasteiger partial charge in [-0.05, 0) is 18.4 Å². The van der Waals surface area contributed by atoms with Gasteiger partial charge in [0.2, 0.25) is 0 Å². The van der Waals surface area contributed by atoms with Gasteiger partial charge in [0.1, 0.15) is 5.78 Å². The molecule has 0 aliphatic heterocycles. The van der Waals surface area contributed by atoms with Crippen LogP contribution < -0.4 is 0 Å². The van der Waals surface area contributed by atoms with Crippen LogP contribution in [0.5, 0.6) is 0 Å². The van der Waals surface area contributed by atoms with Crippen molar-refractivity contribution in [3.05, 3.63) is 35.9 Å². The van der Waals surface area contributed by atoms with Gasteiger partial charge in [0.25, 0.3) is 0 Å². The van der Waals surface area contributed by atoms with Crippen molar-refractivity contribution in [3.8, 4) is 0 Å². The fourth-order valence-electron chi connectivity index (χ4n) is 2.44. The van der Waals surface area contributed by atoms with Crippen molar-refractivity contribution < 1.29 is 4.79 Å². The summed E-state index contributed by atoms with van der Waals surface area (Å²) in [5, 5.41) is 0. The molecule has 0 N–H and O–H groups in total. The number of hydrogen-bond donors (Lipinski definition) is 0. The van der Waals surface area contributed by atoms with Crippen LogP contribution in [0.15, 0.2) is 30.3 Å². The van der Waals surface area contributed by atoms with Gasteiger partial charge >= 0.3 is 0 Å². The Morgan fingerprint density at radius 3 is 2.47 bits per heavy atom. The van der Waals surface area contributed by atoms with Crippen LogP contribution in [-0.4, -0.2) is 5.78 Å². The second-order valence-electron chi connectivity index (χ2n) is 4.55. The lowest BCUT2D eigenvalue weighted by molar-refractivity contribution is -0.123. The predicted octanol–water partition coefficient (Wildman–Crippen LogP) is 3.55. The molecule has 2 atom stereocenters. The maximum Gasteiger partial charge on any atom is 0.143 e. The van der Waals surface area contributed by atoms with E-state index in [-0.39, 0.29) is 11.8 Å². The molecule has 0 spiro atoms. The largest absolute Gasteiger partial charge is 0.299 e. The lowest BCUT2D eigenvalue weighted by Crippen LogP contribution is -2.17. The Balaban J connectivity index is 2.23. The molecule has 1 fully saturated rings. The van der Waals surface area contributed by atoms with E-state index < -0.39 is 0 Å². The third kappa shape index (κ3) is 2.28. The third-order valence-electron chi connectivity index (χ3n) is 3.41. The van der Waals surface area contributed by atoms with E-state index in [1.54, 1.807) is 0 Å². The quantitative estimate of drug-likeness (QED) is 0.636. The monoisotopic (exact) mass is 202 g/mol. The number of carbonyl (C=O) groups excluding carboxylic acids is 1. The van der Waals surface area contributed by atoms with Crippen molar-refractivity contribution >= 4 is 5.78 Å². The first-order chi connectivity index (χ1) is 7.29. The summed E-state index contributed by atoms with van der Waals surface area (Å²) in [6, 6.07) is 10.2. The third-order valence-corrected chi connectivity index (χ3v) is 3.41. The fraction of sp³-hybridized carbons (Fsp3) is 0.500. The van der Waals surface area contributed by atoms with Crippen LogP contribution in [-0.2, 0) is 4.79 Å². The highest BCUT2D eigenvalue weighted by atomic mass is 16.1. The topological polar surface area (TPSA) is 17.1 Å². The van der Waals surface area contributed by atoms with Gasteiger partial charge in [0, 0.05) is 11.8 Å².